The number of hydrogen-bond acceptors (Lipinski definition) is 5. The monoisotopic (exact) mass is 315 g/mol. The number of amides is 1. The highest BCUT2D eigenvalue weighted by Gasteiger charge is 2.12. The second kappa shape index (κ2) is 7.42. The fourth-order valence-electron chi connectivity index (χ4n) is 1.78. The molecule has 0 bridgehead atoms. The Morgan fingerprint density at radius 3 is 2.85 bits per heavy atom. The summed E-state index contributed by atoms with van der Waals surface area (Å²) >= 11 is 1.41. The van der Waals surface area contributed by atoms with Gasteiger partial charge in [-0.05, 0) is 32.9 Å². The van der Waals surface area contributed by atoms with Crippen molar-refractivity contribution in [2.24, 2.45) is 5.73 Å². The zero-order chi connectivity index (χ0) is 13.8. The molecular weight excluding hydrogens is 298 g/mol. The smallest absolute Gasteiger partial charge is 0.226 e. The number of rotatable bonds is 5. The number of halogens is 1. The zero-order valence-electron chi connectivity index (χ0n) is 11.4. The van der Waals surface area contributed by atoms with E-state index in [0.717, 1.165) is 22.8 Å². The molecule has 0 aliphatic carbocycles. The minimum Gasteiger partial charge on any atom is -0.466 e. The number of thiazole rings is 1. The first kappa shape index (κ1) is 16.7. The van der Waals surface area contributed by atoms with E-state index < -0.39 is 0 Å². The largest absolute Gasteiger partial charge is 0.466 e. The Bertz CT molecular complexity index is 580. The fraction of sp³-hybridized carbons (Fsp3) is 0.385. The second-order valence-electron chi connectivity index (χ2n) is 4.31. The van der Waals surface area contributed by atoms with Crippen LogP contribution in [0.3, 0.4) is 0 Å². The van der Waals surface area contributed by atoms with E-state index in [0.29, 0.717) is 24.5 Å². The number of anilines is 1. The van der Waals surface area contributed by atoms with Crippen molar-refractivity contribution in [1.82, 2.24) is 4.98 Å². The lowest BCUT2D eigenvalue weighted by molar-refractivity contribution is -0.116. The van der Waals surface area contributed by atoms with Crippen molar-refractivity contribution in [2.45, 2.75) is 26.7 Å². The molecule has 7 heteroatoms. The molecule has 20 heavy (non-hydrogen) atoms. The van der Waals surface area contributed by atoms with Gasteiger partial charge in [-0.25, -0.2) is 4.98 Å². The Kier molecular flexibility index (Phi) is 6.19. The van der Waals surface area contributed by atoms with Gasteiger partial charge in [0.05, 0.1) is 5.69 Å². The first-order valence-electron chi connectivity index (χ1n) is 6.13. The molecule has 0 aromatic carbocycles. The summed E-state index contributed by atoms with van der Waals surface area (Å²) in [7, 11) is 0. The van der Waals surface area contributed by atoms with Crippen LogP contribution in [0.4, 0.5) is 5.13 Å². The van der Waals surface area contributed by atoms with Crippen molar-refractivity contribution < 1.29 is 9.21 Å². The van der Waals surface area contributed by atoms with Gasteiger partial charge in [0.15, 0.2) is 5.13 Å². The van der Waals surface area contributed by atoms with E-state index >= 15 is 0 Å². The summed E-state index contributed by atoms with van der Waals surface area (Å²) < 4.78 is 5.48. The van der Waals surface area contributed by atoms with Crippen LogP contribution in [0.15, 0.2) is 15.9 Å². The Labute approximate surface area is 128 Å². The Hall–Kier alpha value is -1.37. The standard InChI is InChI=1S/C13H17N3O2S.ClH/c1-8-6-10(9(2)18-8)11-7-19-13(15-11)16-12(17)4-3-5-14;/h6-7H,3-5,14H2,1-2H3,(H,15,16,17);1H. The van der Waals surface area contributed by atoms with Gasteiger partial charge in [0.1, 0.15) is 11.5 Å². The van der Waals surface area contributed by atoms with Crippen molar-refractivity contribution in [3.05, 3.63) is 23.0 Å². The van der Waals surface area contributed by atoms with Crippen LogP contribution in [0, 0.1) is 13.8 Å². The molecule has 0 atom stereocenters. The second-order valence-corrected chi connectivity index (χ2v) is 5.16. The summed E-state index contributed by atoms with van der Waals surface area (Å²) in [6, 6.07) is 1.95. The SMILES string of the molecule is Cc1cc(-c2csc(NC(=O)CCCN)n2)c(C)o1.Cl. The highest BCUT2D eigenvalue weighted by molar-refractivity contribution is 7.14. The quantitative estimate of drug-likeness (QED) is 0.888. The maximum absolute atomic E-state index is 11.6. The molecule has 0 saturated carbocycles. The van der Waals surface area contributed by atoms with Crippen LogP contribution in [0.5, 0.6) is 0 Å². The predicted molar refractivity (Wildman–Crippen MR) is 83.5 cm³/mol. The Morgan fingerprint density at radius 1 is 1.50 bits per heavy atom. The lowest BCUT2D eigenvalue weighted by Crippen LogP contribution is -2.13. The number of nitrogens with two attached hydrogens (primary N) is 1. The maximum atomic E-state index is 11.6. The Morgan fingerprint density at radius 2 is 2.25 bits per heavy atom. The topological polar surface area (TPSA) is 81.2 Å². The van der Waals surface area contributed by atoms with Crippen LogP contribution in [0.1, 0.15) is 24.4 Å². The van der Waals surface area contributed by atoms with Crippen LogP contribution in [0.25, 0.3) is 11.3 Å². The van der Waals surface area contributed by atoms with Gasteiger partial charge in [-0.1, -0.05) is 0 Å². The van der Waals surface area contributed by atoms with E-state index in [-0.39, 0.29) is 18.3 Å². The number of furan rings is 1. The fourth-order valence-corrected chi connectivity index (χ4v) is 2.51. The van der Waals surface area contributed by atoms with Gasteiger partial charge in [-0.15, -0.1) is 23.7 Å². The van der Waals surface area contributed by atoms with E-state index in [1.165, 1.54) is 11.3 Å². The average Bonchev–Trinajstić information content (AvgIpc) is 2.93. The van der Waals surface area contributed by atoms with Crippen LogP contribution < -0.4 is 11.1 Å². The van der Waals surface area contributed by atoms with Gasteiger partial charge in [0.2, 0.25) is 5.91 Å². The average molecular weight is 316 g/mol. The molecular formula is C13H18ClN3O2S. The first-order valence-corrected chi connectivity index (χ1v) is 7.01. The summed E-state index contributed by atoms with van der Waals surface area (Å²) in [5.74, 6) is 1.64. The third-order valence-electron chi connectivity index (χ3n) is 2.68. The number of hydrogen-bond donors (Lipinski definition) is 2. The highest BCUT2D eigenvalue weighted by Crippen LogP contribution is 2.29. The molecule has 2 rings (SSSR count). The van der Waals surface area contributed by atoms with Crippen LogP contribution in [0.2, 0.25) is 0 Å². The molecule has 110 valence electrons. The molecule has 0 unspecified atom stereocenters. The Balaban J connectivity index is 0.00000200. The lowest BCUT2D eigenvalue weighted by Gasteiger charge is -1.99. The van der Waals surface area contributed by atoms with Gasteiger partial charge in [0.25, 0.3) is 0 Å². The highest BCUT2D eigenvalue weighted by atomic mass is 35.5. The maximum Gasteiger partial charge on any atom is 0.226 e. The van der Waals surface area contributed by atoms with Crippen LogP contribution in [-0.4, -0.2) is 17.4 Å². The van der Waals surface area contributed by atoms with Gasteiger partial charge in [0, 0.05) is 17.4 Å². The van der Waals surface area contributed by atoms with E-state index in [1.807, 2.05) is 25.3 Å². The molecule has 2 aromatic rings. The van der Waals surface area contributed by atoms with Gasteiger partial charge in [-0.2, -0.15) is 0 Å². The van der Waals surface area contributed by atoms with E-state index in [4.69, 9.17) is 10.2 Å². The van der Waals surface area contributed by atoms with Crippen molar-refractivity contribution in [3.8, 4) is 11.3 Å². The summed E-state index contributed by atoms with van der Waals surface area (Å²) in [4.78, 5) is 16.0. The molecule has 0 fully saturated rings. The minimum atomic E-state index is -0.0496. The minimum absolute atomic E-state index is 0. The lowest BCUT2D eigenvalue weighted by atomic mass is 10.2. The van der Waals surface area contributed by atoms with Crippen LogP contribution >= 0.6 is 23.7 Å². The van der Waals surface area contributed by atoms with Crippen molar-refractivity contribution in [2.75, 3.05) is 11.9 Å². The molecule has 0 aliphatic heterocycles. The summed E-state index contributed by atoms with van der Waals surface area (Å²) in [6.45, 7) is 4.32. The number of aromatic nitrogens is 1. The number of carbonyl (C=O) groups excluding carboxylic acids is 1. The van der Waals surface area contributed by atoms with E-state index in [9.17, 15) is 4.79 Å². The molecule has 0 aliphatic rings. The molecule has 0 radical (unpaired) electrons. The third kappa shape index (κ3) is 4.06. The van der Waals surface area contributed by atoms with Crippen molar-refractivity contribution in [1.29, 1.82) is 0 Å². The summed E-state index contributed by atoms with van der Waals surface area (Å²) in [6.07, 6.45) is 1.11. The summed E-state index contributed by atoms with van der Waals surface area (Å²) in [5, 5.41) is 5.29. The first-order chi connectivity index (χ1) is 9.10. The van der Waals surface area contributed by atoms with Crippen molar-refractivity contribution >= 4 is 34.8 Å². The number of nitrogens with zero attached hydrogens (tertiary/aromatic N) is 1. The van der Waals surface area contributed by atoms with Gasteiger partial charge >= 0.3 is 0 Å². The van der Waals surface area contributed by atoms with E-state index in [2.05, 4.69) is 10.3 Å². The normalized spacial score (nSPS) is 10.2. The zero-order valence-corrected chi connectivity index (χ0v) is 13.1. The number of aryl methyl sites for hydroxylation is 2. The number of nitrogens with one attached hydrogen (secondary N) is 1. The van der Waals surface area contributed by atoms with E-state index in [1.54, 1.807) is 0 Å². The molecule has 5 nitrogen and oxygen atoms in total. The molecule has 0 saturated heterocycles. The third-order valence-corrected chi connectivity index (χ3v) is 3.43. The van der Waals surface area contributed by atoms with Crippen molar-refractivity contribution in [3.63, 3.8) is 0 Å². The molecule has 2 heterocycles. The number of carbonyl (C=O) groups is 1. The molecule has 3 N–H and O–H groups in total. The molecule has 1 amide bonds. The van der Waals surface area contributed by atoms with Crippen LogP contribution in [-0.2, 0) is 4.79 Å². The summed E-state index contributed by atoms with van der Waals surface area (Å²) in [5.41, 5.74) is 7.16. The predicted octanol–water partition coefficient (Wildman–Crippen LogP) is 3.12. The van der Waals surface area contributed by atoms with Gasteiger partial charge in [-0.3, -0.25) is 4.79 Å². The van der Waals surface area contributed by atoms with Gasteiger partial charge < -0.3 is 15.5 Å². The molecule has 2 aromatic heterocycles. The molecule has 0 spiro atoms.